The van der Waals surface area contributed by atoms with Crippen molar-refractivity contribution in [3.05, 3.63) is 35.9 Å². The van der Waals surface area contributed by atoms with Gasteiger partial charge in [-0.3, -0.25) is 9.89 Å². The molecule has 0 radical (unpaired) electrons. The molecule has 2 rings (SSSR count). The summed E-state index contributed by atoms with van der Waals surface area (Å²) < 4.78 is 5.38. The summed E-state index contributed by atoms with van der Waals surface area (Å²) in [4.78, 5) is 9.41. The van der Waals surface area contributed by atoms with E-state index in [2.05, 4.69) is 59.4 Å². The van der Waals surface area contributed by atoms with Crippen LogP contribution in [0.3, 0.4) is 0 Å². The second-order valence-electron chi connectivity index (χ2n) is 5.88. The third-order valence-electron chi connectivity index (χ3n) is 3.96. The topological polar surface area (TPSA) is 40.1 Å². The number of hydrogen-bond donors (Lipinski definition) is 1. The first-order chi connectivity index (χ1) is 11.3. The molecule has 1 fully saturated rings. The van der Waals surface area contributed by atoms with Crippen LogP contribution in [-0.2, 0) is 11.3 Å². The number of morpholine rings is 1. The summed E-state index contributed by atoms with van der Waals surface area (Å²) in [7, 11) is 2.09. The Bertz CT molecular complexity index is 457. The Hall–Kier alpha value is -1.59. The molecule has 5 nitrogen and oxygen atoms in total. The molecule has 0 spiro atoms. The lowest BCUT2D eigenvalue weighted by Gasteiger charge is -2.26. The van der Waals surface area contributed by atoms with Crippen molar-refractivity contribution in [2.24, 2.45) is 4.99 Å². The number of ether oxygens (including phenoxy) is 1. The van der Waals surface area contributed by atoms with Gasteiger partial charge < -0.3 is 15.0 Å². The molecule has 0 aliphatic carbocycles. The zero-order chi connectivity index (χ0) is 16.3. The van der Waals surface area contributed by atoms with E-state index in [9.17, 15) is 0 Å². The van der Waals surface area contributed by atoms with Crippen molar-refractivity contribution < 1.29 is 4.74 Å². The Morgan fingerprint density at radius 3 is 2.70 bits per heavy atom. The average molecular weight is 318 g/mol. The van der Waals surface area contributed by atoms with Crippen LogP contribution in [0, 0.1) is 0 Å². The number of hydrogen-bond acceptors (Lipinski definition) is 3. The van der Waals surface area contributed by atoms with Gasteiger partial charge in [0.2, 0.25) is 0 Å². The van der Waals surface area contributed by atoms with E-state index in [0.717, 1.165) is 64.9 Å². The highest BCUT2D eigenvalue weighted by molar-refractivity contribution is 5.79. The number of nitrogens with zero attached hydrogens (tertiary/aromatic N) is 3. The van der Waals surface area contributed by atoms with Gasteiger partial charge in [-0.15, -0.1) is 0 Å². The lowest BCUT2D eigenvalue weighted by molar-refractivity contribution is 0.0377. The molecule has 23 heavy (non-hydrogen) atoms. The first-order valence-corrected chi connectivity index (χ1v) is 8.63. The molecule has 1 aromatic rings. The fraction of sp³-hybridized carbons (Fsp3) is 0.611. The molecule has 1 saturated heterocycles. The molecule has 5 heteroatoms. The van der Waals surface area contributed by atoms with E-state index in [4.69, 9.17) is 9.73 Å². The summed E-state index contributed by atoms with van der Waals surface area (Å²) in [6.07, 6.45) is 1.09. The average Bonchev–Trinajstić information content (AvgIpc) is 2.59. The number of aliphatic imine (C=N–C) groups is 1. The van der Waals surface area contributed by atoms with Crippen molar-refractivity contribution in [3.63, 3.8) is 0 Å². The molecule has 1 aromatic carbocycles. The smallest absolute Gasteiger partial charge is 0.193 e. The van der Waals surface area contributed by atoms with Crippen molar-refractivity contribution in [1.82, 2.24) is 15.1 Å². The van der Waals surface area contributed by atoms with Crippen LogP contribution >= 0.6 is 0 Å². The third kappa shape index (κ3) is 6.59. The first-order valence-electron chi connectivity index (χ1n) is 8.63. The van der Waals surface area contributed by atoms with E-state index in [-0.39, 0.29) is 0 Å². The Morgan fingerprint density at radius 1 is 1.26 bits per heavy atom. The predicted molar refractivity (Wildman–Crippen MR) is 95.8 cm³/mol. The van der Waals surface area contributed by atoms with Crippen LogP contribution in [-0.4, -0.2) is 68.7 Å². The number of rotatable bonds is 7. The molecule has 0 amide bonds. The van der Waals surface area contributed by atoms with E-state index >= 15 is 0 Å². The SMILES string of the molecule is CCNC(=NCCCN1CCOCC1)N(C)Cc1ccccc1. The minimum Gasteiger partial charge on any atom is -0.379 e. The van der Waals surface area contributed by atoms with Crippen molar-refractivity contribution in [1.29, 1.82) is 0 Å². The lowest BCUT2D eigenvalue weighted by atomic mass is 10.2. The van der Waals surface area contributed by atoms with Crippen LogP contribution in [0.15, 0.2) is 35.3 Å². The predicted octanol–water partition coefficient (Wildman–Crippen LogP) is 1.81. The molecule has 1 heterocycles. The standard InChI is InChI=1S/C18H30N4O/c1-3-19-18(21(2)16-17-8-5-4-6-9-17)20-10-7-11-22-12-14-23-15-13-22/h4-6,8-9H,3,7,10-16H2,1-2H3,(H,19,20). The first kappa shape index (κ1) is 17.8. The maximum atomic E-state index is 5.38. The number of guanidine groups is 1. The molecule has 128 valence electrons. The van der Waals surface area contributed by atoms with Gasteiger partial charge in [-0.05, 0) is 18.9 Å². The Balaban J connectivity index is 1.78. The van der Waals surface area contributed by atoms with Gasteiger partial charge in [0.25, 0.3) is 0 Å². The third-order valence-corrected chi connectivity index (χ3v) is 3.96. The van der Waals surface area contributed by atoms with Crippen LogP contribution in [0.25, 0.3) is 0 Å². The van der Waals surface area contributed by atoms with Crippen molar-refractivity contribution >= 4 is 5.96 Å². The van der Waals surface area contributed by atoms with Gasteiger partial charge in [-0.2, -0.15) is 0 Å². The molecular formula is C18H30N4O. The maximum absolute atomic E-state index is 5.38. The van der Waals surface area contributed by atoms with E-state index in [1.165, 1.54) is 5.56 Å². The van der Waals surface area contributed by atoms with Crippen molar-refractivity contribution in [3.8, 4) is 0 Å². The number of benzene rings is 1. The minimum absolute atomic E-state index is 0.860. The normalized spacial score (nSPS) is 16.3. The molecular weight excluding hydrogens is 288 g/mol. The molecule has 0 unspecified atom stereocenters. The zero-order valence-corrected chi connectivity index (χ0v) is 14.5. The van der Waals surface area contributed by atoms with Gasteiger partial charge in [-0.1, -0.05) is 30.3 Å². The maximum Gasteiger partial charge on any atom is 0.193 e. The minimum atomic E-state index is 0.860. The van der Waals surface area contributed by atoms with Gasteiger partial charge in [-0.25, -0.2) is 0 Å². The van der Waals surface area contributed by atoms with Crippen LogP contribution in [0.1, 0.15) is 18.9 Å². The summed E-state index contributed by atoms with van der Waals surface area (Å²) in [6.45, 7) is 9.68. The highest BCUT2D eigenvalue weighted by Gasteiger charge is 2.10. The second kappa shape index (κ2) is 10.2. The highest BCUT2D eigenvalue weighted by atomic mass is 16.5. The Morgan fingerprint density at radius 2 is 2.00 bits per heavy atom. The molecule has 0 atom stereocenters. The Labute approximate surface area is 140 Å². The summed E-state index contributed by atoms with van der Waals surface area (Å²) in [6, 6.07) is 10.5. The van der Waals surface area contributed by atoms with Crippen molar-refractivity contribution in [2.75, 3.05) is 53.0 Å². The monoisotopic (exact) mass is 318 g/mol. The van der Waals surface area contributed by atoms with Crippen LogP contribution in [0.5, 0.6) is 0 Å². The molecule has 1 aliphatic heterocycles. The van der Waals surface area contributed by atoms with Crippen LogP contribution in [0.4, 0.5) is 0 Å². The van der Waals surface area contributed by atoms with Gasteiger partial charge in [0.15, 0.2) is 5.96 Å². The number of nitrogens with one attached hydrogen (secondary N) is 1. The quantitative estimate of drug-likeness (QED) is 0.473. The Kier molecular flexibility index (Phi) is 7.90. The van der Waals surface area contributed by atoms with Gasteiger partial charge >= 0.3 is 0 Å². The lowest BCUT2D eigenvalue weighted by Crippen LogP contribution is -2.39. The molecule has 0 bridgehead atoms. The van der Waals surface area contributed by atoms with Crippen LogP contribution in [0.2, 0.25) is 0 Å². The fourth-order valence-electron chi connectivity index (χ4n) is 2.71. The van der Waals surface area contributed by atoms with Gasteiger partial charge in [0, 0.05) is 46.3 Å². The summed E-state index contributed by atoms with van der Waals surface area (Å²) in [5, 5.41) is 3.38. The highest BCUT2D eigenvalue weighted by Crippen LogP contribution is 2.03. The molecule has 0 aromatic heterocycles. The van der Waals surface area contributed by atoms with Crippen molar-refractivity contribution in [2.45, 2.75) is 19.9 Å². The van der Waals surface area contributed by atoms with E-state index in [0.29, 0.717) is 0 Å². The largest absolute Gasteiger partial charge is 0.379 e. The molecule has 1 N–H and O–H groups in total. The summed E-state index contributed by atoms with van der Waals surface area (Å²) >= 11 is 0. The zero-order valence-electron chi connectivity index (χ0n) is 14.5. The summed E-state index contributed by atoms with van der Waals surface area (Å²) in [5.74, 6) is 0.985. The van der Waals surface area contributed by atoms with E-state index < -0.39 is 0 Å². The second-order valence-corrected chi connectivity index (χ2v) is 5.88. The fourth-order valence-corrected chi connectivity index (χ4v) is 2.71. The van der Waals surface area contributed by atoms with E-state index in [1.54, 1.807) is 0 Å². The van der Waals surface area contributed by atoms with Gasteiger partial charge in [0.05, 0.1) is 13.2 Å². The molecule has 1 aliphatic rings. The van der Waals surface area contributed by atoms with Gasteiger partial charge in [0.1, 0.15) is 0 Å². The van der Waals surface area contributed by atoms with E-state index in [1.807, 2.05) is 0 Å². The van der Waals surface area contributed by atoms with Crippen LogP contribution < -0.4 is 5.32 Å². The summed E-state index contributed by atoms with van der Waals surface area (Å²) in [5.41, 5.74) is 1.30. The molecule has 0 saturated carbocycles.